The van der Waals surface area contributed by atoms with Crippen LogP contribution in [0.5, 0.6) is 0 Å². The number of aromatic amines is 1. The molecule has 0 saturated heterocycles. The first-order chi connectivity index (χ1) is 12.9. The van der Waals surface area contributed by atoms with Crippen molar-refractivity contribution in [1.82, 2.24) is 20.2 Å². The van der Waals surface area contributed by atoms with Gasteiger partial charge in [0.1, 0.15) is 17.5 Å². The summed E-state index contributed by atoms with van der Waals surface area (Å²) in [6.45, 7) is -0.554. The van der Waals surface area contributed by atoms with E-state index < -0.39 is 35.5 Å². The van der Waals surface area contributed by atoms with Crippen molar-refractivity contribution in [2.75, 3.05) is 0 Å². The lowest BCUT2D eigenvalue weighted by Crippen LogP contribution is -2.37. The van der Waals surface area contributed by atoms with Gasteiger partial charge in [-0.25, -0.2) is 19.0 Å². The number of nitrogens with two attached hydrogens (primary N) is 1. The quantitative estimate of drug-likeness (QED) is 0.329. The second kappa shape index (κ2) is 6.36. The summed E-state index contributed by atoms with van der Waals surface area (Å²) in [6, 6.07) is 5.79. The maximum absolute atomic E-state index is 13.8. The molecule has 9 heteroatoms. The fourth-order valence-corrected chi connectivity index (χ4v) is 2.86. The van der Waals surface area contributed by atoms with Gasteiger partial charge in [-0.1, -0.05) is 0 Å². The SMILES string of the molecule is NN(Cc1c(F)cc(F)cc1F)C(=O)c1ccc2ncc3cn[nH]c3c2c1. The highest BCUT2D eigenvalue weighted by molar-refractivity contribution is 6.06. The fraction of sp³-hybridized carbons (Fsp3) is 0.0556. The van der Waals surface area contributed by atoms with Crippen LogP contribution in [0.3, 0.4) is 0 Å². The van der Waals surface area contributed by atoms with Crippen LogP contribution in [0.4, 0.5) is 13.2 Å². The molecular formula is C18H12F3N5O. The highest BCUT2D eigenvalue weighted by Gasteiger charge is 2.19. The molecule has 6 nitrogen and oxygen atoms in total. The van der Waals surface area contributed by atoms with Crippen LogP contribution in [0.1, 0.15) is 15.9 Å². The van der Waals surface area contributed by atoms with Crippen molar-refractivity contribution in [1.29, 1.82) is 0 Å². The van der Waals surface area contributed by atoms with Crippen molar-refractivity contribution in [2.45, 2.75) is 6.54 Å². The monoisotopic (exact) mass is 371 g/mol. The second-order valence-corrected chi connectivity index (χ2v) is 5.97. The number of carbonyl (C=O) groups excluding carboxylic acids is 1. The van der Waals surface area contributed by atoms with Gasteiger partial charge in [0.15, 0.2) is 0 Å². The van der Waals surface area contributed by atoms with Gasteiger partial charge < -0.3 is 0 Å². The summed E-state index contributed by atoms with van der Waals surface area (Å²) in [5.74, 6) is 1.79. The van der Waals surface area contributed by atoms with Crippen molar-refractivity contribution >= 4 is 27.7 Å². The number of carbonyl (C=O) groups is 1. The van der Waals surface area contributed by atoms with E-state index in [1.165, 1.54) is 6.07 Å². The van der Waals surface area contributed by atoms with Gasteiger partial charge >= 0.3 is 0 Å². The third-order valence-corrected chi connectivity index (χ3v) is 4.22. The number of H-pyrrole nitrogens is 1. The van der Waals surface area contributed by atoms with Crippen LogP contribution in [-0.4, -0.2) is 26.1 Å². The van der Waals surface area contributed by atoms with E-state index in [0.717, 1.165) is 5.39 Å². The van der Waals surface area contributed by atoms with Crippen molar-refractivity contribution in [3.05, 3.63) is 71.3 Å². The van der Waals surface area contributed by atoms with Crippen molar-refractivity contribution < 1.29 is 18.0 Å². The number of benzene rings is 2. The number of fused-ring (bicyclic) bond motifs is 3. The average Bonchev–Trinajstić information content (AvgIpc) is 3.12. The summed E-state index contributed by atoms with van der Waals surface area (Å²) in [7, 11) is 0. The molecule has 2 aromatic carbocycles. The van der Waals surface area contributed by atoms with Gasteiger partial charge in [0.2, 0.25) is 0 Å². The molecule has 0 fully saturated rings. The van der Waals surface area contributed by atoms with Gasteiger partial charge in [0, 0.05) is 40.2 Å². The standard InChI is InChI=1S/C18H12F3N5O/c19-11-4-14(20)13(15(21)5-11)8-26(22)18(27)9-1-2-16-12(3-9)17-10(6-23-16)7-24-25-17/h1-7H,8,22H2,(H,24,25). The van der Waals surface area contributed by atoms with Crippen LogP contribution < -0.4 is 5.84 Å². The Morgan fingerprint density at radius 1 is 1.11 bits per heavy atom. The fourth-order valence-electron chi connectivity index (χ4n) is 2.86. The Balaban J connectivity index is 1.68. The topological polar surface area (TPSA) is 87.9 Å². The van der Waals surface area contributed by atoms with Gasteiger partial charge in [-0.3, -0.25) is 19.9 Å². The van der Waals surface area contributed by atoms with E-state index in [4.69, 9.17) is 5.84 Å². The largest absolute Gasteiger partial charge is 0.277 e. The number of pyridine rings is 1. The van der Waals surface area contributed by atoms with Gasteiger partial charge in [0.05, 0.1) is 23.8 Å². The van der Waals surface area contributed by atoms with E-state index in [-0.39, 0.29) is 5.56 Å². The minimum Gasteiger partial charge on any atom is -0.277 e. The van der Waals surface area contributed by atoms with Crippen LogP contribution in [0.2, 0.25) is 0 Å². The van der Waals surface area contributed by atoms with Gasteiger partial charge in [-0.05, 0) is 18.2 Å². The minimum absolute atomic E-state index is 0.205. The summed E-state index contributed by atoms with van der Waals surface area (Å²) in [4.78, 5) is 16.9. The van der Waals surface area contributed by atoms with E-state index in [9.17, 15) is 18.0 Å². The molecule has 2 aromatic heterocycles. The Morgan fingerprint density at radius 2 is 1.85 bits per heavy atom. The molecule has 1 amide bonds. The number of nitrogens with one attached hydrogen (secondary N) is 1. The predicted octanol–water partition coefficient (Wildman–Crippen LogP) is 3.04. The number of hydrogen-bond donors (Lipinski definition) is 2. The van der Waals surface area contributed by atoms with E-state index in [2.05, 4.69) is 15.2 Å². The lowest BCUT2D eigenvalue weighted by molar-refractivity contribution is 0.0740. The average molecular weight is 371 g/mol. The summed E-state index contributed by atoms with van der Waals surface area (Å²) in [5.41, 5.74) is 1.05. The van der Waals surface area contributed by atoms with Crippen molar-refractivity contribution in [2.24, 2.45) is 5.84 Å². The van der Waals surface area contributed by atoms with E-state index in [1.54, 1.807) is 24.5 Å². The van der Waals surface area contributed by atoms with E-state index in [0.29, 0.717) is 33.6 Å². The first kappa shape index (κ1) is 17.0. The number of hydrogen-bond acceptors (Lipinski definition) is 4. The molecule has 0 atom stereocenters. The van der Waals surface area contributed by atoms with Crippen LogP contribution in [-0.2, 0) is 6.54 Å². The maximum Gasteiger partial charge on any atom is 0.268 e. The molecule has 0 radical (unpaired) electrons. The highest BCUT2D eigenvalue weighted by Crippen LogP contribution is 2.23. The van der Waals surface area contributed by atoms with Crippen LogP contribution in [0.25, 0.3) is 21.8 Å². The third-order valence-electron chi connectivity index (χ3n) is 4.22. The molecule has 2 heterocycles. The molecule has 27 heavy (non-hydrogen) atoms. The number of hydrazine groups is 1. The Labute approximate surface area is 150 Å². The molecule has 0 unspecified atom stereocenters. The van der Waals surface area contributed by atoms with Crippen molar-refractivity contribution in [3.63, 3.8) is 0 Å². The summed E-state index contributed by atoms with van der Waals surface area (Å²) >= 11 is 0. The zero-order valence-electron chi connectivity index (χ0n) is 13.7. The summed E-state index contributed by atoms with van der Waals surface area (Å²) < 4.78 is 40.6. The lowest BCUT2D eigenvalue weighted by Gasteiger charge is -2.18. The number of rotatable bonds is 3. The predicted molar refractivity (Wildman–Crippen MR) is 91.8 cm³/mol. The molecular weight excluding hydrogens is 359 g/mol. The summed E-state index contributed by atoms with van der Waals surface area (Å²) in [5, 5.41) is 8.88. The molecule has 0 aliphatic rings. The number of aromatic nitrogens is 3. The highest BCUT2D eigenvalue weighted by atomic mass is 19.1. The molecule has 0 aliphatic carbocycles. The lowest BCUT2D eigenvalue weighted by atomic mass is 10.1. The Bertz CT molecular complexity index is 1170. The van der Waals surface area contributed by atoms with Crippen molar-refractivity contribution in [3.8, 4) is 0 Å². The summed E-state index contributed by atoms with van der Waals surface area (Å²) in [6.07, 6.45) is 3.25. The Kier molecular flexibility index (Phi) is 4.00. The van der Waals surface area contributed by atoms with E-state index in [1.807, 2.05) is 0 Å². The number of nitrogens with zero attached hydrogens (tertiary/aromatic N) is 3. The minimum atomic E-state index is -1.11. The zero-order chi connectivity index (χ0) is 19.1. The molecule has 0 saturated carbocycles. The Hall–Kier alpha value is -3.46. The first-order valence-electron chi connectivity index (χ1n) is 7.86. The molecule has 0 spiro atoms. The normalized spacial score (nSPS) is 11.3. The smallest absolute Gasteiger partial charge is 0.268 e. The second-order valence-electron chi connectivity index (χ2n) is 5.97. The van der Waals surface area contributed by atoms with Gasteiger partial charge in [-0.15, -0.1) is 0 Å². The molecule has 136 valence electrons. The van der Waals surface area contributed by atoms with Gasteiger partial charge in [-0.2, -0.15) is 5.10 Å². The van der Waals surface area contributed by atoms with Gasteiger partial charge in [0.25, 0.3) is 5.91 Å². The number of amides is 1. The van der Waals surface area contributed by atoms with E-state index >= 15 is 0 Å². The third kappa shape index (κ3) is 2.97. The molecule has 4 rings (SSSR count). The molecule has 3 N–H and O–H groups in total. The van der Waals surface area contributed by atoms with Crippen LogP contribution >= 0.6 is 0 Å². The maximum atomic E-state index is 13.8. The van der Waals surface area contributed by atoms with Crippen LogP contribution in [0, 0.1) is 17.5 Å². The molecule has 0 aliphatic heterocycles. The number of halogens is 3. The molecule has 4 aromatic rings. The Morgan fingerprint density at radius 3 is 2.59 bits per heavy atom. The zero-order valence-corrected chi connectivity index (χ0v) is 13.7. The molecule has 0 bridgehead atoms. The van der Waals surface area contributed by atoms with Crippen LogP contribution in [0.15, 0.2) is 42.7 Å². The first-order valence-corrected chi connectivity index (χ1v) is 7.86.